The summed E-state index contributed by atoms with van der Waals surface area (Å²) < 4.78 is -0.494. The first-order chi connectivity index (χ1) is 14.9. The zero-order valence-electron chi connectivity index (χ0n) is 16.9. The molecule has 0 aromatic heterocycles. The van der Waals surface area contributed by atoms with E-state index in [2.05, 4.69) is 5.32 Å². The summed E-state index contributed by atoms with van der Waals surface area (Å²) >= 11 is 1.39. The zero-order chi connectivity index (χ0) is 22.3. The van der Waals surface area contributed by atoms with Crippen molar-refractivity contribution in [2.75, 3.05) is 12.3 Å². The molecule has 8 heteroatoms. The van der Waals surface area contributed by atoms with Gasteiger partial charge in [-0.3, -0.25) is 10.1 Å². The summed E-state index contributed by atoms with van der Waals surface area (Å²) in [7, 11) is 0. The van der Waals surface area contributed by atoms with E-state index in [0.29, 0.717) is 18.5 Å². The highest BCUT2D eigenvalue weighted by Crippen LogP contribution is 2.29. The van der Waals surface area contributed by atoms with Gasteiger partial charge in [0.05, 0.1) is 0 Å². The molecule has 1 unspecified atom stereocenters. The quantitative estimate of drug-likeness (QED) is 0.406. The lowest BCUT2D eigenvalue weighted by Gasteiger charge is -2.33. The molecular formula is C23H25N2O5S+. The van der Waals surface area contributed by atoms with Crippen LogP contribution in [0.4, 0.5) is 5.69 Å². The number of nitrogens with one attached hydrogen (secondary N) is 1. The maximum absolute atomic E-state index is 13.6. The van der Waals surface area contributed by atoms with Crippen molar-refractivity contribution in [1.29, 1.82) is 0 Å². The van der Waals surface area contributed by atoms with Gasteiger partial charge in [0.1, 0.15) is 24.0 Å². The van der Waals surface area contributed by atoms with Crippen LogP contribution in [0.1, 0.15) is 12.8 Å². The van der Waals surface area contributed by atoms with Crippen LogP contribution < -0.4 is 9.80 Å². The van der Waals surface area contributed by atoms with Crippen LogP contribution in [0.5, 0.6) is 0 Å². The van der Waals surface area contributed by atoms with E-state index in [-0.39, 0.29) is 11.7 Å². The molecule has 1 aliphatic rings. The SMILES string of the molecule is O=C(O)C[N+]1(c2ccccc2)C=CCC[C@H](N[C@@H](CSc2ccccc2)C(=O)O)C1=O. The van der Waals surface area contributed by atoms with Crippen molar-refractivity contribution < 1.29 is 24.6 Å². The minimum Gasteiger partial charge on any atom is -0.480 e. The fourth-order valence-electron chi connectivity index (χ4n) is 3.62. The molecule has 0 radical (unpaired) electrons. The van der Waals surface area contributed by atoms with E-state index in [1.54, 1.807) is 42.6 Å². The van der Waals surface area contributed by atoms with Gasteiger partial charge in [-0.2, -0.15) is 4.48 Å². The van der Waals surface area contributed by atoms with E-state index in [9.17, 15) is 24.6 Å². The van der Waals surface area contributed by atoms with Crippen LogP contribution in [0.3, 0.4) is 0 Å². The summed E-state index contributed by atoms with van der Waals surface area (Å²) in [5, 5.41) is 22.3. The molecule has 0 aliphatic carbocycles. The molecule has 3 rings (SSSR count). The molecule has 162 valence electrons. The predicted octanol–water partition coefficient (Wildman–Crippen LogP) is 3.12. The number of quaternary nitrogens is 1. The Bertz CT molecular complexity index is 951. The topological polar surface area (TPSA) is 104 Å². The summed E-state index contributed by atoms with van der Waals surface area (Å²) in [6, 6.07) is 16.4. The molecular weight excluding hydrogens is 416 g/mol. The molecule has 1 heterocycles. The smallest absolute Gasteiger partial charge is 0.360 e. The lowest BCUT2D eigenvalue weighted by molar-refractivity contribution is -0.144. The third kappa shape index (κ3) is 5.61. The van der Waals surface area contributed by atoms with Crippen molar-refractivity contribution in [2.24, 2.45) is 0 Å². The Hall–Kier alpha value is -2.94. The molecule has 0 spiro atoms. The first kappa shape index (κ1) is 22.7. The Kier molecular flexibility index (Phi) is 7.62. The van der Waals surface area contributed by atoms with Crippen LogP contribution in [0.15, 0.2) is 77.8 Å². The van der Waals surface area contributed by atoms with Crippen molar-refractivity contribution in [3.05, 3.63) is 72.9 Å². The second-order valence-electron chi connectivity index (χ2n) is 7.29. The van der Waals surface area contributed by atoms with E-state index < -0.39 is 35.1 Å². The second kappa shape index (κ2) is 10.4. The number of rotatable bonds is 9. The van der Waals surface area contributed by atoms with E-state index >= 15 is 0 Å². The molecule has 3 N–H and O–H groups in total. The van der Waals surface area contributed by atoms with Gasteiger partial charge in [0, 0.05) is 22.8 Å². The molecule has 0 bridgehead atoms. The molecule has 1 aliphatic heterocycles. The molecule has 0 saturated heterocycles. The van der Waals surface area contributed by atoms with Crippen LogP contribution in [-0.2, 0) is 14.4 Å². The molecule has 1 amide bonds. The zero-order valence-corrected chi connectivity index (χ0v) is 17.7. The fourth-order valence-corrected chi connectivity index (χ4v) is 4.57. The van der Waals surface area contributed by atoms with Gasteiger partial charge < -0.3 is 10.2 Å². The van der Waals surface area contributed by atoms with E-state index in [0.717, 1.165) is 4.90 Å². The first-order valence-corrected chi connectivity index (χ1v) is 10.9. The lowest BCUT2D eigenvalue weighted by atomic mass is 10.1. The Morgan fingerprint density at radius 2 is 1.71 bits per heavy atom. The van der Waals surface area contributed by atoms with Crippen molar-refractivity contribution in [3.8, 4) is 0 Å². The molecule has 31 heavy (non-hydrogen) atoms. The summed E-state index contributed by atoms with van der Waals surface area (Å²) in [6.45, 7) is -0.450. The van der Waals surface area contributed by atoms with Gasteiger partial charge in [-0.15, -0.1) is 11.8 Å². The van der Waals surface area contributed by atoms with Crippen LogP contribution in [0.25, 0.3) is 0 Å². The average Bonchev–Trinajstić information content (AvgIpc) is 2.92. The number of amides is 1. The Morgan fingerprint density at radius 3 is 2.32 bits per heavy atom. The molecule has 7 nitrogen and oxygen atoms in total. The molecule has 0 fully saturated rings. The number of hydrogen-bond donors (Lipinski definition) is 3. The average molecular weight is 442 g/mol. The summed E-state index contributed by atoms with van der Waals surface area (Å²) in [5.41, 5.74) is 0.533. The molecule has 2 aromatic carbocycles. The number of carboxylic acids is 2. The summed E-state index contributed by atoms with van der Waals surface area (Å²) in [6.07, 6.45) is 4.33. The summed E-state index contributed by atoms with van der Waals surface area (Å²) in [4.78, 5) is 38.1. The predicted molar refractivity (Wildman–Crippen MR) is 120 cm³/mol. The van der Waals surface area contributed by atoms with Gasteiger partial charge in [0.2, 0.25) is 0 Å². The standard InChI is InChI=1S/C23H24N2O5S/c26-21(27)15-25(17-9-3-1-4-10-17)14-8-7-13-19(22(25)28)24-20(23(29)30)16-31-18-11-5-2-6-12-18/h1-6,8-12,14,19-20,24H,7,13,15-16H2,(H-,26,27,29,30)/p+1/t19-,20-,25?/m0/s1. The maximum atomic E-state index is 13.6. The van der Waals surface area contributed by atoms with Gasteiger partial charge in [-0.25, -0.2) is 9.59 Å². The number of benzene rings is 2. The van der Waals surface area contributed by atoms with Crippen LogP contribution in [-0.4, -0.2) is 52.4 Å². The fraction of sp³-hybridized carbons (Fsp3) is 0.261. The maximum Gasteiger partial charge on any atom is 0.360 e. The number of carbonyl (C=O) groups is 3. The van der Waals surface area contributed by atoms with E-state index in [1.165, 1.54) is 11.8 Å². The van der Waals surface area contributed by atoms with E-state index in [4.69, 9.17) is 0 Å². The number of nitrogens with zero attached hydrogens (tertiary/aromatic N) is 1. The number of aliphatic carboxylic acids is 2. The van der Waals surface area contributed by atoms with Gasteiger partial charge in [0.15, 0.2) is 6.54 Å². The number of carbonyl (C=O) groups excluding carboxylic acids is 1. The van der Waals surface area contributed by atoms with Crippen LogP contribution >= 0.6 is 11.8 Å². The Balaban J connectivity index is 1.85. The van der Waals surface area contributed by atoms with Gasteiger partial charge in [-0.05, 0) is 31.1 Å². The minimum atomic E-state index is -1.11. The highest BCUT2D eigenvalue weighted by molar-refractivity contribution is 7.99. The van der Waals surface area contributed by atoms with Gasteiger partial charge >= 0.3 is 17.8 Å². The second-order valence-corrected chi connectivity index (χ2v) is 8.38. The molecule has 3 atom stereocenters. The number of hydrogen-bond acceptors (Lipinski definition) is 5. The lowest BCUT2D eigenvalue weighted by Crippen LogP contribution is -2.61. The normalized spacial score (nSPS) is 21.9. The number of allylic oxidation sites excluding steroid dienone is 1. The van der Waals surface area contributed by atoms with E-state index in [1.807, 2.05) is 30.3 Å². The van der Waals surface area contributed by atoms with Crippen molar-refractivity contribution in [1.82, 2.24) is 9.80 Å². The highest BCUT2D eigenvalue weighted by Gasteiger charge is 2.45. The van der Waals surface area contributed by atoms with Crippen molar-refractivity contribution in [3.63, 3.8) is 0 Å². The van der Waals surface area contributed by atoms with Crippen LogP contribution in [0.2, 0.25) is 0 Å². The van der Waals surface area contributed by atoms with Crippen molar-refractivity contribution in [2.45, 2.75) is 29.8 Å². The number of thioether (sulfide) groups is 1. The molecule has 2 aromatic rings. The minimum absolute atomic E-state index is 0.237. The van der Waals surface area contributed by atoms with Gasteiger partial charge in [0.25, 0.3) is 0 Å². The number of carboxylic acid groups (broad SMARTS) is 2. The third-order valence-electron chi connectivity index (χ3n) is 5.14. The summed E-state index contributed by atoms with van der Waals surface area (Å²) in [5.74, 6) is -2.31. The number of para-hydroxylation sites is 1. The van der Waals surface area contributed by atoms with Crippen LogP contribution in [0, 0.1) is 0 Å². The third-order valence-corrected chi connectivity index (χ3v) is 6.24. The van der Waals surface area contributed by atoms with Gasteiger partial charge in [-0.1, -0.05) is 36.4 Å². The Morgan fingerprint density at radius 1 is 1.06 bits per heavy atom. The first-order valence-electron chi connectivity index (χ1n) is 9.96. The highest BCUT2D eigenvalue weighted by atomic mass is 32.2. The Labute approximate surface area is 185 Å². The van der Waals surface area contributed by atoms with Crippen molar-refractivity contribution >= 4 is 35.3 Å². The largest absolute Gasteiger partial charge is 0.480 e. The monoisotopic (exact) mass is 441 g/mol. The molecule has 0 saturated carbocycles.